The molecule has 10 nitrogen and oxygen atoms in total. The van der Waals surface area contributed by atoms with Crippen molar-refractivity contribution in [3.63, 3.8) is 0 Å². The summed E-state index contributed by atoms with van der Waals surface area (Å²) in [5.74, 6) is 0.105. The van der Waals surface area contributed by atoms with Crippen molar-refractivity contribution in [1.82, 2.24) is 14.9 Å². The molecule has 7 rings (SSSR count). The van der Waals surface area contributed by atoms with E-state index in [0.717, 1.165) is 55.4 Å². The Labute approximate surface area is 255 Å². The minimum atomic E-state index is -0.633. The number of rotatable bonds is 7. The molecule has 0 spiro atoms. The quantitative estimate of drug-likeness (QED) is 0.317. The number of piperazine rings is 1. The first-order valence-electron chi connectivity index (χ1n) is 14.9. The molecule has 0 radical (unpaired) electrons. The van der Waals surface area contributed by atoms with Crippen LogP contribution in [0.15, 0.2) is 91.3 Å². The van der Waals surface area contributed by atoms with Crippen molar-refractivity contribution >= 4 is 23.5 Å². The molecule has 4 heterocycles. The van der Waals surface area contributed by atoms with Gasteiger partial charge in [0, 0.05) is 57.1 Å². The van der Waals surface area contributed by atoms with E-state index in [4.69, 9.17) is 9.47 Å². The number of anilines is 2. The van der Waals surface area contributed by atoms with Gasteiger partial charge in [-0.3, -0.25) is 14.5 Å². The second-order valence-electron chi connectivity index (χ2n) is 11.3. The molecule has 4 aromatic rings. The normalized spacial score (nSPS) is 22.3. The molecule has 2 saturated heterocycles. The number of carbonyl (C=O) groups is 2. The predicted molar refractivity (Wildman–Crippen MR) is 163 cm³/mol. The van der Waals surface area contributed by atoms with E-state index in [1.54, 1.807) is 48.8 Å². The summed E-state index contributed by atoms with van der Waals surface area (Å²) in [6, 6.07) is 23.8. The van der Waals surface area contributed by atoms with Gasteiger partial charge in [0.25, 0.3) is 11.8 Å². The molecule has 3 atom stereocenters. The first kappa shape index (κ1) is 28.3. The molecular weight excluding hydrogens is 558 g/mol. The fourth-order valence-electron chi connectivity index (χ4n) is 6.11. The number of aromatic nitrogens is 2. The monoisotopic (exact) mass is 591 g/mol. The van der Waals surface area contributed by atoms with E-state index < -0.39 is 6.29 Å². The number of amides is 2. The molecule has 0 aliphatic carbocycles. The Morgan fingerprint density at radius 3 is 2.02 bits per heavy atom. The minimum Gasteiger partial charge on any atom is -0.392 e. The molecule has 44 heavy (non-hydrogen) atoms. The highest BCUT2D eigenvalue weighted by molar-refractivity contribution is 6.34. The molecule has 1 N–H and O–H groups in total. The summed E-state index contributed by atoms with van der Waals surface area (Å²) in [4.78, 5) is 40.6. The van der Waals surface area contributed by atoms with Gasteiger partial charge in [-0.15, -0.1) is 0 Å². The van der Waals surface area contributed by atoms with Gasteiger partial charge < -0.3 is 19.5 Å². The summed E-state index contributed by atoms with van der Waals surface area (Å²) in [5, 5.41) is 9.52. The first-order chi connectivity index (χ1) is 21.6. The fraction of sp³-hybridized carbons (Fsp3) is 0.294. The van der Waals surface area contributed by atoms with Crippen LogP contribution in [0.5, 0.6) is 0 Å². The third-order valence-corrected chi connectivity index (χ3v) is 8.50. The summed E-state index contributed by atoms with van der Waals surface area (Å²) in [7, 11) is 0. The molecule has 3 aliphatic heterocycles. The Morgan fingerprint density at radius 2 is 1.39 bits per heavy atom. The number of hydrogen-bond donors (Lipinski definition) is 1. The Balaban J connectivity index is 1.08. The molecule has 3 aliphatic rings. The maximum atomic E-state index is 13.0. The summed E-state index contributed by atoms with van der Waals surface area (Å²) < 4.78 is 13.1. The van der Waals surface area contributed by atoms with Crippen LogP contribution in [0.1, 0.15) is 56.2 Å². The SMILES string of the molecule is O=C1c2ccccc2C(=O)N1c1ccc([C@@H]2O[C@H](CN3CCN(c4ncccn4)CC3)C[C@H](c3ccc(CO)cc3)O2)cc1. The topological polar surface area (TPSA) is 108 Å². The molecule has 2 fully saturated rings. The van der Waals surface area contributed by atoms with Crippen molar-refractivity contribution in [3.05, 3.63) is 119 Å². The smallest absolute Gasteiger partial charge is 0.266 e. The lowest BCUT2D eigenvalue weighted by Gasteiger charge is -2.40. The highest BCUT2D eigenvalue weighted by Crippen LogP contribution is 2.39. The lowest BCUT2D eigenvalue weighted by Crippen LogP contribution is -2.50. The summed E-state index contributed by atoms with van der Waals surface area (Å²) in [6.45, 7) is 4.15. The fourth-order valence-corrected chi connectivity index (χ4v) is 6.11. The Kier molecular flexibility index (Phi) is 7.88. The Bertz CT molecular complexity index is 1590. The highest BCUT2D eigenvalue weighted by atomic mass is 16.7. The number of benzene rings is 3. The van der Waals surface area contributed by atoms with E-state index in [0.29, 0.717) is 23.2 Å². The molecule has 0 saturated carbocycles. The van der Waals surface area contributed by atoms with Crippen molar-refractivity contribution in [3.8, 4) is 0 Å². The molecular formula is C34H33N5O5. The predicted octanol–water partition coefficient (Wildman–Crippen LogP) is 4.14. The Hall–Kier alpha value is -4.48. The second-order valence-corrected chi connectivity index (χ2v) is 11.3. The molecule has 2 amide bonds. The second kappa shape index (κ2) is 12.3. The van der Waals surface area contributed by atoms with Crippen LogP contribution in [0.2, 0.25) is 0 Å². The third-order valence-electron chi connectivity index (χ3n) is 8.50. The maximum Gasteiger partial charge on any atom is 0.266 e. The maximum absolute atomic E-state index is 13.0. The van der Waals surface area contributed by atoms with Gasteiger partial charge in [0.15, 0.2) is 6.29 Å². The van der Waals surface area contributed by atoms with Gasteiger partial charge >= 0.3 is 0 Å². The molecule has 224 valence electrons. The zero-order chi connectivity index (χ0) is 30.0. The molecule has 0 bridgehead atoms. The van der Waals surface area contributed by atoms with Gasteiger partial charge in [-0.25, -0.2) is 14.9 Å². The van der Waals surface area contributed by atoms with E-state index >= 15 is 0 Å². The van der Waals surface area contributed by atoms with Gasteiger partial charge in [-0.1, -0.05) is 48.5 Å². The number of ether oxygens (including phenoxy) is 2. The summed E-state index contributed by atoms with van der Waals surface area (Å²) in [6.07, 6.45) is 3.29. The standard InChI is InChI=1S/C34H33N5O5/c40-22-23-6-8-24(9-7-23)30-20-27(21-37-16-18-38(19-17-37)34-35-14-3-15-36-34)43-33(44-30)25-10-12-26(13-11-25)39-31(41)28-4-1-2-5-29(28)32(39)42/h1-15,27,30,33,40H,16-22H2/t27-,30+,33+/m0/s1. The minimum absolute atomic E-state index is 0.0143. The van der Waals surface area contributed by atoms with Crippen molar-refractivity contribution < 1.29 is 24.2 Å². The van der Waals surface area contributed by atoms with Crippen molar-refractivity contribution in [2.24, 2.45) is 0 Å². The summed E-state index contributed by atoms with van der Waals surface area (Å²) in [5.41, 5.74) is 4.00. The van der Waals surface area contributed by atoms with Crippen molar-refractivity contribution in [1.29, 1.82) is 0 Å². The number of aliphatic hydroxyl groups is 1. The number of carbonyl (C=O) groups excluding carboxylic acids is 2. The van der Waals surface area contributed by atoms with Crippen LogP contribution in [-0.4, -0.2) is 70.6 Å². The van der Waals surface area contributed by atoms with E-state index in [1.165, 1.54) is 4.90 Å². The number of aliphatic hydroxyl groups excluding tert-OH is 1. The number of nitrogens with zero attached hydrogens (tertiary/aromatic N) is 5. The number of fused-ring (bicyclic) bond motifs is 1. The third kappa shape index (κ3) is 5.60. The molecule has 1 aromatic heterocycles. The van der Waals surface area contributed by atoms with Crippen LogP contribution >= 0.6 is 0 Å². The van der Waals surface area contributed by atoms with Crippen molar-refractivity contribution in [2.45, 2.75) is 31.5 Å². The Morgan fingerprint density at radius 1 is 0.750 bits per heavy atom. The van der Waals surface area contributed by atoms with E-state index in [1.807, 2.05) is 42.5 Å². The number of hydrogen-bond acceptors (Lipinski definition) is 9. The van der Waals surface area contributed by atoms with E-state index in [2.05, 4.69) is 19.8 Å². The van der Waals surface area contributed by atoms with Gasteiger partial charge in [-0.05, 0) is 41.5 Å². The average Bonchev–Trinajstić information content (AvgIpc) is 3.34. The average molecular weight is 592 g/mol. The van der Waals surface area contributed by atoms with Gasteiger partial charge in [-0.2, -0.15) is 0 Å². The molecule has 0 unspecified atom stereocenters. The zero-order valence-electron chi connectivity index (χ0n) is 24.2. The van der Waals surface area contributed by atoms with E-state index in [-0.39, 0.29) is 30.6 Å². The van der Waals surface area contributed by atoms with E-state index in [9.17, 15) is 14.7 Å². The van der Waals surface area contributed by atoms with Crippen molar-refractivity contribution in [2.75, 3.05) is 42.5 Å². The van der Waals surface area contributed by atoms with Crippen LogP contribution in [0.3, 0.4) is 0 Å². The van der Waals surface area contributed by atoms with Crippen LogP contribution < -0.4 is 9.80 Å². The van der Waals surface area contributed by atoms with Crippen LogP contribution in [-0.2, 0) is 16.1 Å². The molecule has 10 heteroatoms. The summed E-state index contributed by atoms with van der Waals surface area (Å²) >= 11 is 0. The largest absolute Gasteiger partial charge is 0.392 e. The zero-order valence-corrected chi connectivity index (χ0v) is 24.2. The molecule has 3 aromatic carbocycles. The van der Waals surface area contributed by atoms with Crippen LogP contribution in [0.4, 0.5) is 11.6 Å². The van der Waals surface area contributed by atoms with Gasteiger partial charge in [0.2, 0.25) is 5.95 Å². The van der Waals surface area contributed by atoms with Crippen LogP contribution in [0, 0.1) is 0 Å². The number of imide groups is 1. The first-order valence-corrected chi connectivity index (χ1v) is 14.9. The lowest BCUT2D eigenvalue weighted by molar-refractivity contribution is -0.253. The van der Waals surface area contributed by atoms with Gasteiger partial charge in [0.1, 0.15) is 0 Å². The lowest BCUT2D eigenvalue weighted by atomic mass is 9.99. The highest BCUT2D eigenvalue weighted by Gasteiger charge is 2.37. The van der Waals surface area contributed by atoms with Crippen LogP contribution in [0.25, 0.3) is 0 Å². The van der Waals surface area contributed by atoms with Gasteiger partial charge in [0.05, 0.1) is 35.6 Å².